The van der Waals surface area contributed by atoms with Gasteiger partial charge < -0.3 is 9.64 Å². The summed E-state index contributed by atoms with van der Waals surface area (Å²) in [7, 11) is 0. The Hall–Kier alpha value is -2.24. The van der Waals surface area contributed by atoms with Crippen LogP contribution in [0.4, 0.5) is 0 Å². The highest BCUT2D eigenvalue weighted by Gasteiger charge is 2.24. The lowest BCUT2D eigenvalue weighted by atomic mass is 10.1. The van der Waals surface area contributed by atoms with Crippen molar-refractivity contribution in [3.63, 3.8) is 0 Å². The normalized spacial score (nSPS) is 20.4. The van der Waals surface area contributed by atoms with E-state index in [0.717, 1.165) is 63.2 Å². The summed E-state index contributed by atoms with van der Waals surface area (Å²) < 4.78 is 6.03. The van der Waals surface area contributed by atoms with Crippen LogP contribution in [-0.2, 0) is 17.9 Å². The summed E-state index contributed by atoms with van der Waals surface area (Å²) in [6.45, 7) is 5.17. The molecule has 1 aromatic heterocycles. The lowest BCUT2D eigenvalue weighted by molar-refractivity contribution is 0.0443. The van der Waals surface area contributed by atoms with Crippen molar-refractivity contribution < 1.29 is 9.53 Å². The molecule has 5 nitrogen and oxygen atoms in total. The van der Waals surface area contributed by atoms with Gasteiger partial charge in [-0.3, -0.25) is 14.7 Å². The van der Waals surface area contributed by atoms with E-state index in [1.54, 1.807) is 6.20 Å². The number of nitrogens with zero attached hydrogens (tertiary/aromatic N) is 3. The van der Waals surface area contributed by atoms with Gasteiger partial charge in [0.2, 0.25) is 0 Å². The second-order valence-corrected chi connectivity index (χ2v) is 7.83. The standard InChI is InChI=1S/C23H29N3O2/c27-23(26-12-4-1-5-13-26)20-8-6-7-19(15-20)16-25-14-10-22(17-25)28-18-21-9-2-3-11-24-21/h2-3,6-9,11,15,22H,1,4-5,10,12-14,16-18H2/t22-/m0/s1. The number of amides is 1. The van der Waals surface area contributed by atoms with E-state index < -0.39 is 0 Å². The maximum absolute atomic E-state index is 12.7. The first-order chi connectivity index (χ1) is 13.8. The van der Waals surface area contributed by atoms with Crippen molar-refractivity contribution in [2.75, 3.05) is 26.2 Å². The maximum Gasteiger partial charge on any atom is 0.253 e. The summed E-state index contributed by atoms with van der Waals surface area (Å²) in [6, 6.07) is 14.1. The minimum absolute atomic E-state index is 0.180. The fraction of sp³-hybridized carbons (Fsp3) is 0.478. The molecule has 1 amide bonds. The maximum atomic E-state index is 12.7. The number of likely N-dealkylation sites (tertiary alicyclic amines) is 2. The van der Waals surface area contributed by atoms with Gasteiger partial charge in [-0.05, 0) is 55.5 Å². The van der Waals surface area contributed by atoms with Crippen LogP contribution in [0, 0.1) is 0 Å². The van der Waals surface area contributed by atoms with Crippen LogP contribution in [-0.4, -0.2) is 53.0 Å². The smallest absolute Gasteiger partial charge is 0.253 e. The second-order valence-electron chi connectivity index (χ2n) is 7.83. The average Bonchev–Trinajstić information content (AvgIpc) is 3.20. The molecule has 5 heteroatoms. The van der Waals surface area contributed by atoms with Crippen molar-refractivity contribution in [3.05, 3.63) is 65.5 Å². The van der Waals surface area contributed by atoms with Gasteiger partial charge in [-0.15, -0.1) is 0 Å². The Morgan fingerprint density at radius 3 is 2.79 bits per heavy atom. The number of ether oxygens (including phenoxy) is 1. The Labute approximate surface area is 167 Å². The Balaban J connectivity index is 1.29. The Kier molecular flexibility index (Phi) is 6.34. The van der Waals surface area contributed by atoms with Crippen LogP contribution in [0.3, 0.4) is 0 Å². The minimum Gasteiger partial charge on any atom is -0.371 e. The van der Waals surface area contributed by atoms with E-state index in [4.69, 9.17) is 4.74 Å². The summed E-state index contributed by atoms with van der Waals surface area (Å²) in [5.41, 5.74) is 3.00. The number of hydrogen-bond donors (Lipinski definition) is 0. The van der Waals surface area contributed by atoms with E-state index in [0.29, 0.717) is 6.61 Å². The van der Waals surface area contributed by atoms with Crippen molar-refractivity contribution >= 4 is 5.91 Å². The van der Waals surface area contributed by atoms with Crippen molar-refractivity contribution in [2.24, 2.45) is 0 Å². The molecule has 0 aliphatic carbocycles. The first-order valence-corrected chi connectivity index (χ1v) is 10.4. The van der Waals surface area contributed by atoms with Gasteiger partial charge in [0.05, 0.1) is 18.4 Å². The molecule has 2 fully saturated rings. The van der Waals surface area contributed by atoms with Gasteiger partial charge in [0, 0.05) is 44.5 Å². The van der Waals surface area contributed by atoms with Crippen LogP contribution in [0.2, 0.25) is 0 Å². The zero-order valence-electron chi connectivity index (χ0n) is 16.4. The molecular weight excluding hydrogens is 350 g/mol. The zero-order valence-corrected chi connectivity index (χ0v) is 16.4. The van der Waals surface area contributed by atoms with Gasteiger partial charge in [0.15, 0.2) is 0 Å². The second kappa shape index (κ2) is 9.30. The van der Waals surface area contributed by atoms with Crippen molar-refractivity contribution in [1.29, 1.82) is 0 Å². The highest BCUT2D eigenvalue weighted by atomic mass is 16.5. The van der Waals surface area contributed by atoms with Crippen molar-refractivity contribution in [2.45, 2.75) is 44.9 Å². The molecule has 0 saturated carbocycles. The molecule has 2 aromatic rings. The molecule has 0 unspecified atom stereocenters. The summed E-state index contributed by atoms with van der Waals surface area (Å²) >= 11 is 0. The highest BCUT2D eigenvalue weighted by Crippen LogP contribution is 2.19. The van der Waals surface area contributed by atoms with E-state index in [-0.39, 0.29) is 12.0 Å². The molecule has 0 spiro atoms. The number of hydrogen-bond acceptors (Lipinski definition) is 4. The topological polar surface area (TPSA) is 45.7 Å². The van der Waals surface area contributed by atoms with Gasteiger partial charge in [0.25, 0.3) is 5.91 Å². The lowest BCUT2D eigenvalue weighted by Gasteiger charge is -2.27. The van der Waals surface area contributed by atoms with Crippen LogP contribution in [0.5, 0.6) is 0 Å². The monoisotopic (exact) mass is 379 g/mol. The largest absolute Gasteiger partial charge is 0.371 e. The number of pyridine rings is 1. The molecule has 3 heterocycles. The number of aromatic nitrogens is 1. The molecule has 0 N–H and O–H groups in total. The Morgan fingerprint density at radius 2 is 1.96 bits per heavy atom. The van der Waals surface area contributed by atoms with Gasteiger partial charge in [-0.1, -0.05) is 18.2 Å². The molecule has 2 aliphatic heterocycles. The molecule has 0 radical (unpaired) electrons. The first-order valence-electron chi connectivity index (χ1n) is 10.4. The molecule has 4 rings (SSSR count). The van der Waals surface area contributed by atoms with Crippen molar-refractivity contribution in [3.8, 4) is 0 Å². The lowest BCUT2D eigenvalue weighted by Crippen LogP contribution is -2.35. The summed E-state index contributed by atoms with van der Waals surface area (Å²) in [5, 5.41) is 0. The van der Waals surface area contributed by atoms with Crippen LogP contribution in [0.25, 0.3) is 0 Å². The fourth-order valence-corrected chi connectivity index (χ4v) is 4.10. The SMILES string of the molecule is O=C(c1cccc(CN2CC[C@H](OCc3ccccn3)C2)c1)N1CCCCC1. The third-order valence-corrected chi connectivity index (χ3v) is 5.65. The van der Waals surface area contributed by atoms with E-state index >= 15 is 0 Å². The van der Waals surface area contributed by atoms with Crippen LogP contribution < -0.4 is 0 Å². The van der Waals surface area contributed by atoms with Gasteiger partial charge >= 0.3 is 0 Å². The summed E-state index contributed by atoms with van der Waals surface area (Å²) in [6.07, 6.45) is 6.58. The predicted molar refractivity (Wildman–Crippen MR) is 109 cm³/mol. The van der Waals surface area contributed by atoms with Gasteiger partial charge in [-0.2, -0.15) is 0 Å². The third kappa shape index (κ3) is 4.97. The first kappa shape index (κ1) is 19.1. The van der Waals surface area contributed by atoms with Gasteiger partial charge in [-0.25, -0.2) is 0 Å². The quantitative estimate of drug-likeness (QED) is 0.771. The summed E-state index contributed by atoms with van der Waals surface area (Å²) in [4.78, 5) is 21.5. The molecule has 148 valence electrons. The molecule has 1 atom stereocenters. The third-order valence-electron chi connectivity index (χ3n) is 5.65. The molecule has 0 bridgehead atoms. The fourth-order valence-electron chi connectivity index (χ4n) is 4.10. The van der Waals surface area contributed by atoms with Crippen molar-refractivity contribution in [1.82, 2.24) is 14.8 Å². The van der Waals surface area contributed by atoms with Gasteiger partial charge in [0.1, 0.15) is 0 Å². The van der Waals surface area contributed by atoms with E-state index in [9.17, 15) is 4.79 Å². The van der Waals surface area contributed by atoms with Crippen LogP contribution in [0.1, 0.15) is 47.3 Å². The van der Waals surface area contributed by atoms with Crippen LogP contribution in [0.15, 0.2) is 48.7 Å². The van der Waals surface area contributed by atoms with E-state index in [1.807, 2.05) is 35.2 Å². The minimum atomic E-state index is 0.180. The Morgan fingerprint density at radius 1 is 1.07 bits per heavy atom. The molecular formula is C23H29N3O2. The Bertz CT molecular complexity index is 774. The number of rotatable bonds is 6. The van der Waals surface area contributed by atoms with Crippen LogP contribution >= 0.6 is 0 Å². The van der Waals surface area contributed by atoms with E-state index in [1.165, 1.54) is 12.0 Å². The predicted octanol–water partition coefficient (Wildman–Crippen LogP) is 3.50. The highest BCUT2D eigenvalue weighted by molar-refractivity contribution is 5.94. The average molecular weight is 380 g/mol. The number of piperidine rings is 1. The number of benzene rings is 1. The molecule has 28 heavy (non-hydrogen) atoms. The molecule has 2 aliphatic rings. The number of carbonyl (C=O) groups excluding carboxylic acids is 1. The number of carbonyl (C=O) groups is 1. The summed E-state index contributed by atoms with van der Waals surface area (Å²) in [5.74, 6) is 0.180. The molecule has 1 aromatic carbocycles. The van der Waals surface area contributed by atoms with E-state index in [2.05, 4.69) is 22.0 Å². The zero-order chi connectivity index (χ0) is 19.2. The molecule has 2 saturated heterocycles.